The van der Waals surface area contributed by atoms with Crippen molar-refractivity contribution in [1.82, 2.24) is 0 Å². The molecule has 0 saturated heterocycles. The highest BCUT2D eigenvalue weighted by atomic mass is 32.2. The third-order valence-corrected chi connectivity index (χ3v) is 4.20. The summed E-state index contributed by atoms with van der Waals surface area (Å²) in [5.74, 6) is 3.21. The summed E-state index contributed by atoms with van der Waals surface area (Å²) in [5, 5.41) is 0. The van der Waals surface area contributed by atoms with E-state index < -0.39 is 16.0 Å². The molecule has 1 atom stereocenters. The van der Waals surface area contributed by atoms with Crippen molar-refractivity contribution >= 4 is 28.1 Å². The summed E-state index contributed by atoms with van der Waals surface area (Å²) < 4.78 is 37.5. The average molecular weight is 252 g/mol. The van der Waals surface area contributed by atoms with E-state index in [4.69, 9.17) is 0 Å². The van der Waals surface area contributed by atoms with Crippen molar-refractivity contribution < 1.29 is 13.2 Å². The van der Waals surface area contributed by atoms with Crippen LogP contribution in [-0.4, -0.2) is 17.6 Å². The summed E-state index contributed by atoms with van der Waals surface area (Å²) >= 11 is 1.43. The summed E-state index contributed by atoms with van der Waals surface area (Å²) in [7, 11) is -1.94. The Balaban J connectivity index is 3.19. The normalized spacial score (nSPS) is 13.9. The first-order valence-corrected chi connectivity index (χ1v) is 6.73. The molecule has 0 aliphatic rings. The molecule has 84 valence electrons. The highest BCUT2D eigenvalue weighted by Crippen LogP contribution is 2.44. The predicted molar refractivity (Wildman–Crippen MR) is 62.0 cm³/mol. The Bertz CT molecular complexity index is 383. The maximum Gasteiger partial charge on any atom is 0.440 e. The molecule has 15 heavy (non-hydrogen) atoms. The number of alkyl halides is 3. The fourth-order valence-electron chi connectivity index (χ4n) is 1.10. The minimum absolute atomic E-state index is 0.286. The summed E-state index contributed by atoms with van der Waals surface area (Å²) in [6, 6.07) is 5.10. The second kappa shape index (κ2) is 4.61. The van der Waals surface area contributed by atoms with Crippen LogP contribution in [0, 0.1) is 6.92 Å². The van der Waals surface area contributed by atoms with Gasteiger partial charge in [0.1, 0.15) is 0 Å². The van der Waals surface area contributed by atoms with E-state index in [-0.39, 0.29) is 4.90 Å². The number of thioether (sulfide) groups is 1. The molecule has 0 N–H and O–H groups in total. The minimum atomic E-state index is -4.25. The number of benzene rings is 1. The van der Waals surface area contributed by atoms with E-state index in [0.717, 1.165) is 4.90 Å². The van der Waals surface area contributed by atoms with Crippen molar-refractivity contribution in [3.63, 3.8) is 0 Å². The topological polar surface area (TPSA) is 0 Å². The van der Waals surface area contributed by atoms with Crippen LogP contribution in [0.3, 0.4) is 0 Å². The molecule has 0 bridgehead atoms. The number of hydrogen-bond acceptors (Lipinski definition) is 1. The van der Waals surface area contributed by atoms with E-state index in [0.29, 0.717) is 5.56 Å². The third-order valence-electron chi connectivity index (χ3n) is 1.94. The van der Waals surface area contributed by atoms with Crippen molar-refractivity contribution in [2.75, 3.05) is 6.26 Å². The van der Waals surface area contributed by atoms with Crippen LogP contribution in [0.2, 0.25) is 0 Å². The number of halogens is 3. The number of hydrogen-bond donors (Lipinski definition) is 0. The number of rotatable bonds is 2. The quantitative estimate of drug-likeness (QED) is 0.558. The first-order valence-electron chi connectivity index (χ1n) is 4.11. The highest BCUT2D eigenvalue weighted by molar-refractivity contribution is 8.15. The van der Waals surface area contributed by atoms with Gasteiger partial charge in [-0.15, -0.1) is 11.8 Å². The smallest absolute Gasteiger partial charge is 0.160 e. The average Bonchev–Trinajstić information content (AvgIpc) is 2.16. The van der Waals surface area contributed by atoms with Gasteiger partial charge in [-0.1, -0.05) is 22.4 Å². The molecule has 5 heteroatoms. The molecule has 0 fully saturated rings. The zero-order valence-electron chi connectivity index (χ0n) is 8.39. The summed E-state index contributed by atoms with van der Waals surface area (Å²) in [6.07, 6.45) is 1.84. The van der Waals surface area contributed by atoms with Crippen molar-refractivity contribution in [2.45, 2.75) is 22.2 Å². The zero-order valence-corrected chi connectivity index (χ0v) is 10.0. The molecular formula is C10H11F3S2. The molecule has 0 saturated carbocycles. The Labute approximate surface area is 93.8 Å². The molecule has 1 aromatic carbocycles. The first kappa shape index (κ1) is 12.6. The molecule has 1 aromatic rings. The molecule has 1 rings (SSSR count). The fraction of sp³-hybridized carbons (Fsp3) is 0.300. The van der Waals surface area contributed by atoms with E-state index >= 15 is 0 Å². The highest BCUT2D eigenvalue weighted by Gasteiger charge is 2.32. The van der Waals surface area contributed by atoms with Crippen LogP contribution in [0.5, 0.6) is 0 Å². The Morgan fingerprint density at radius 1 is 1.33 bits per heavy atom. The van der Waals surface area contributed by atoms with Crippen molar-refractivity contribution in [3.05, 3.63) is 23.8 Å². The largest absolute Gasteiger partial charge is 0.440 e. The van der Waals surface area contributed by atoms with E-state index in [1.165, 1.54) is 11.8 Å². The fourth-order valence-corrected chi connectivity index (χ4v) is 2.59. The van der Waals surface area contributed by atoms with Gasteiger partial charge in [-0.2, -0.15) is 13.2 Å². The lowest BCUT2D eigenvalue weighted by Crippen LogP contribution is -2.04. The van der Waals surface area contributed by atoms with Crippen molar-refractivity contribution in [3.8, 4) is 0 Å². The van der Waals surface area contributed by atoms with E-state index in [2.05, 4.69) is 5.87 Å². The van der Waals surface area contributed by atoms with Gasteiger partial charge in [0.25, 0.3) is 0 Å². The summed E-state index contributed by atoms with van der Waals surface area (Å²) in [4.78, 5) is 1.12. The molecular weight excluding hydrogens is 241 g/mol. The second-order valence-corrected chi connectivity index (χ2v) is 5.53. The van der Waals surface area contributed by atoms with Crippen LogP contribution in [-0.2, 0) is 0 Å². The van der Waals surface area contributed by atoms with Crippen LogP contribution >= 0.6 is 22.2 Å². The Morgan fingerprint density at radius 2 is 1.93 bits per heavy atom. The summed E-state index contributed by atoms with van der Waals surface area (Å²) in [6.45, 7) is 1.68. The molecule has 0 aliphatic carbocycles. The van der Waals surface area contributed by atoms with Gasteiger partial charge < -0.3 is 0 Å². The van der Waals surface area contributed by atoms with Gasteiger partial charge >= 0.3 is 5.51 Å². The lowest BCUT2D eigenvalue weighted by atomic mass is 10.2. The Kier molecular flexibility index (Phi) is 3.89. The summed E-state index contributed by atoms with van der Waals surface area (Å²) in [5.41, 5.74) is -3.61. The van der Waals surface area contributed by atoms with Gasteiger partial charge in [0.2, 0.25) is 0 Å². The van der Waals surface area contributed by atoms with Crippen molar-refractivity contribution in [1.29, 1.82) is 0 Å². The predicted octanol–water partition coefficient (Wildman–Crippen LogP) is 4.30. The van der Waals surface area contributed by atoms with E-state index in [1.807, 2.05) is 12.3 Å². The van der Waals surface area contributed by atoms with Gasteiger partial charge in [0.15, 0.2) is 0 Å². The molecule has 0 radical (unpaired) electrons. The molecule has 0 heterocycles. The lowest BCUT2D eigenvalue weighted by molar-refractivity contribution is -0.0334. The number of aryl methyl sites for hydroxylation is 1. The van der Waals surface area contributed by atoms with Gasteiger partial charge in [-0.25, -0.2) is 0 Å². The van der Waals surface area contributed by atoms with E-state index in [9.17, 15) is 13.2 Å². The monoisotopic (exact) mass is 252 g/mol. The third kappa shape index (κ3) is 3.01. The van der Waals surface area contributed by atoms with Crippen LogP contribution in [0.4, 0.5) is 13.2 Å². The van der Waals surface area contributed by atoms with Gasteiger partial charge in [0.05, 0.1) is 0 Å². The SMILES string of the molecule is C=S(c1cc(SC)ccc1C)C(F)(F)F. The zero-order chi connectivity index (χ0) is 11.6. The standard InChI is InChI=1S/C10H11F3S2/c1-7-4-5-8(14-2)6-9(7)15(3)10(11,12)13/h4-6H,3H2,1-2H3. The Morgan fingerprint density at radius 3 is 2.40 bits per heavy atom. The molecule has 0 nitrogen and oxygen atoms in total. The van der Waals surface area contributed by atoms with Crippen LogP contribution in [0.1, 0.15) is 5.56 Å². The first-order chi connectivity index (χ1) is 6.86. The Hall–Kier alpha value is -0.420. The molecule has 0 aromatic heterocycles. The van der Waals surface area contributed by atoms with Crippen LogP contribution < -0.4 is 0 Å². The van der Waals surface area contributed by atoms with Crippen LogP contribution in [0.25, 0.3) is 0 Å². The maximum absolute atomic E-state index is 12.5. The van der Waals surface area contributed by atoms with E-state index in [1.54, 1.807) is 19.1 Å². The molecule has 0 spiro atoms. The van der Waals surface area contributed by atoms with Gasteiger partial charge in [0, 0.05) is 9.79 Å². The molecule has 1 unspecified atom stereocenters. The van der Waals surface area contributed by atoms with Crippen molar-refractivity contribution in [2.24, 2.45) is 0 Å². The van der Waals surface area contributed by atoms with Gasteiger partial charge in [-0.05, 0) is 30.9 Å². The second-order valence-electron chi connectivity index (χ2n) is 2.97. The van der Waals surface area contributed by atoms with Crippen LogP contribution in [0.15, 0.2) is 28.0 Å². The van der Waals surface area contributed by atoms with Gasteiger partial charge in [-0.3, -0.25) is 0 Å². The molecule has 0 aliphatic heterocycles. The maximum atomic E-state index is 12.5. The minimum Gasteiger partial charge on any atom is -0.160 e. The lowest BCUT2D eigenvalue weighted by Gasteiger charge is -2.14. The molecule has 0 amide bonds.